The summed E-state index contributed by atoms with van der Waals surface area (Å²) in [6.07, 6.45) is 0. The van der Waals surface area contributed by atoms with Crippen molar-refractivity contribution in [3.05, 3.63) is 243 Å². The first kappa shape index (κ1) is 69.4. The van der Waals surface area contributed by atoms with Crippen molar-refractivity contribution < 1.29 is 17.9 Å². The predicted molar refractivity (Wildman–Crippen MR) is 332 cm³/mol. The Hall–Kier alpha value is -5.58. The molecule has 0 bridgehead atoms. The molecule has 0 radical (unpaired) electrons. The molecular weight excluding hydrogens is 973 g/mol. The van der Waals surface area contributed by atoms with Gasteiger partial charge in [-0.15, -0.1) is 0 Å². The average Bonchev–Trinajstić information content (AvgIpc) is 3.31. The summed E-state index contributed by atoms with van der Waals surface area (Å²) < 4.78 is 43.4. The van der Waals surface area contributed by atoms with E-state index in [0.717, 1.165) is 21.9 Å². The molecule has 0 aliphatic rings. The van der Waals surface area contributed by atoms with Crippen molar-refractivity contribution in [3.8, 4) is 5.75 Å². The van der Waals surface area contributed by atoms with Crippen LogP contribution >= 0.6 is 11.6 Å². The van der Waals surface area contributed by atoms with Crippen molar-refractivity contribution in [2.45, 2.75) is 190 Å². The summed E-state index contributed by atoms with van der Waals surface area (Å²) in [6, 6.07) is 55.8. The van der Waals surface area contributed by atoms with Gasteiger partial charge in [0.2, 0.25) is 0 Å². The lowest BCUT2D eigenvalue weighted by atomic mass is 9.86. The van der Waals surface area contributed by atoms with Crippen LogP contribution in [0.2, 0.25) is 5.02 Å². The largest absolute Gasteiger partial charge is 0.497 e. The first-order valence-electron chi connectivity index (χ1n) is 27.0. The third-order valence-corrected chi connectivity index (χ3v) is 12.5. The van der Waals surface area contributed by atoms with Gasteiger partial charge in [-0.1, -0.05) is 284 Å². The zero-order chi connectivity index (χ0) is 59.2. The smallest absolute Gasteiger partial charge is 0.126 e. The Kier molecular flexibility index (Phi) is 27.5. The maximum atomic E-state index is 13.1. The Labute approximate surface area is 473 Å². The average molecular weight is 1070 g/mol. The third-order valence-electron chi connectivity index (χ3n) is 12.2. The number of rotatable bonds is 1. The van der Waals surface area contributed by atoms with Crippen molar-refractivity contribution in [2.75, 3.05) is 7.11 Å². The highest BCUT2D eigenvalue weighted by atomic mass is 35.5. The fraction of sp³-hybridized carbons (Fsp3) is 0.417. The van der Waals surface area contributed by atoms with Gasteiger partial charge in [0.15, 0.2) is 0 Å². The molecule has 0 unspecified atom stereocenters. The Bertz CT molecular complexity index is 2610. The van der Waals surface area contributed by atoms with Crippen LogP contribution in [0.15, 0.2) is 176 Å². The van der Waals surface area contributed by atoms with E-state index in [0.29, 0.717) is 5.41 Å². The highest BCUT2D eigenvalue weighted by Crippen LogP contribution is 2.28. The standard InChI is InChI=1S/C11H16O.C11H16.C10H13Cl.3C10H13F.C10H14/c1-11(2,3)9-6-5-7-10(8-9)12-4;1-9-6-5-7-10(8-9)11(2,3)4;1-10(2,3)8-5-4-6-9(11)7-8;1-10(2,3)8-4-6-9(11)7-5-8;1-10(2,3)8-5-4-6-9(11)7-8;1-10(2,3)8-6-4-5-7-9(8)11;1-10(2,3)9-7-5-4-6-8-9/h5-8H,1-4H3;5-8H,1-4H3;4*4-7H,1-3H3;4-8H,1-3H3. The monoisotopic (exact) mass is 1070 g/mol. The molecule has 0 atom stereocenters. The molecule has 0 aliphatic heterocycles. The SMILES string of the molecule is CC(C)(C)c1ccc(F)cc1.CC(C)(C)c1cccc(Cl)c1.CC(C)(C)c1cccc(F)c1.CC(C)(C)c1ccccc1.CC(C)(C)c1ccccc1F.COc1cccc(C(C)(C)C)c1.Cc1cccc(C(C)(C)C)c1. The number of methoxy groups -OCH3 is 1. The normalized spacial score (nSPS) is 11.6. The van der Waals surface area contributed by atoms with Gasteiger partial charge in [0.05, 0.1) is 7.11 Å². The highest BCUT2D eigenvalue weighted by molar-refractivity contribution is 6.30. The van der Waals surface area contributed by atoms with Crippen molar-refractivity contribution in [3.63, 3.8) is 0 Å². The molecule has 420 valence electrons. The fourth-order valence-corrected chi connectivity index (χ4v) is 7.26. The van der Waals surface area contributed by atoms with Gasteiger partial charge in [-0.25, -0.2) is 13.2 Å². The van der Waals surface area contributed by atoms with E-state index in [-0.39, 0.29) is 49.9 Å². The van der Waals surface area contributed by atoms with E-state index < -0.39 is 0 Å². The van der Waals surface area contributed by atoms with Gasteiger partial charge in [-0.05, 0) is 138 Å². The van der Waals surface area contributed by atoms with Crippen LogP contribution in [0.5, 0.6) is 5.75 Å². The molecule has 0 amide bonds. The Morgan fingerprint density at radius 2 is 0.675 bits per heavy atom. The molecule has 7 rings (SSSR count). The number of hydrogen-bond donors (Lipinski definition) is 0. The van der Waals surface area contributed by atoms with Crippen molar-refractivity contribution in [1.82, 2.24) is 0 Å². The van der Waals surface area contributed by atoms with Crippen LogP contribution in [0, 0.1) is 24.4 Å². The van der Waals surface area contributed by atoms with Gasteiger partial charge in [-0.2, -0.15) is 0 Å². The number of aryl methyl sites for hydroxylation is 1. The summed E-state index contributed by atoms with van der Waals surface area (Å²) in [5, 5.41) is 0.817. The van der Waals surface area contributed by atoms with Crippen LogP contribution < -0.4 is 4.74 Å². The lowest BCUT2D eigenvalue weighted by Crippen LogP contribution is -2.12. The molecule has 0 aliphatic carbocycles. The Balaban J connectivity index is 0.000000449. The summed E-state index contributed by atoms with van der Waals surface area (Å²) in [7, 11) is 1.70. The molecule has 1 nitrogen and oxygen atoms in total. The molecule has 0 heterocycles. The number of ether oxygens (including phenoxy) is 1. The molecule has 5 heteroatoms. The minimum atomic E-state index is -0.169. The second kappa shape index (κ2) is 30.5. The second-order valence-electron chi connectivity index (χ2n) is 26.7. The van der Waals surface area contributed by atoms with Gasteiger partial charge in [0, 0.05) is 5.02 Å². The van der Waals surface area contributed by atoms with Crippen LogP contribution in [0.3, 0.4) is 0 Å². The van der Waals surface area contributed by atoms with E-state index in [4.69, 9.17) is 16.3 Å². The van der Waals surface area contributed by atoms with Crippen molar-refractivity contribution in [2.24, 2.45) is 0 Å². The van der Waals surface area contributed by atoms with Crippen LogP contribution in [-0.2, 0) is 37.9 Å². The molecular formula is C72H98ClF3O. The second-order valence-corrected chi connectivity index (χ2v) is 27.2. The Morgan fingerprint density at radius 3 is 1.01 bits per heavy atom. The predicted octanol–water partition coefficient (Wildman–Crippen LogP) is 22.3. The van der Waals surface area contributed by atoms with Gasteiger partial charge >= 0.3 is 0 Å². The summed E-state index contributed by atoms with van der Waals surface area (Å²) >= 11 is 5.85. The number of halogens is 4. The summed E-state index contributed by atoms with van der Waals surface area (Å²) in [4.78, 5) is 0. The minimum Gasteiger partial charge on any atom is -0.497 e. The lowest BCUT2D eigenvalue weighted by Gasteiger charge is -2.19. The number of benzene rings is 7. The first-order valence-corrected chi connectivity index (χ1v) is 27.3. The molecule has 7 aromatic rings. The maximum Gasteiger partial charge on any atom is 0.126 e. The quantitative estimate of drug-likeness (QED) is 0.159. The zero-order valence-corrected chi connectivity index (χ0v) is 52.4. The highest BCUT2D eigenvalue weighted by Gasteiger charge is 2.18. The maximum absolute atomic E-state index is 13.1. The molecule has 0 saturated heterocycles. The molecule has 0 spiro atoms. The van der Waals surface area contributed by atoms with Gasteiger partial charge in [-0.3, -0.25) is 0 Å². The molecule has 0 N–H and O–H groups in total. The van der Waals surface area contributed by atoms with Crippen LogP contribution in [0.1, 0.15) is 190 Å². The molecule has 0 saturated carbocycles. The van der Waals surface area contributed by atoms with Gasteiger partial charge < -0.3 is 4.74 Å². The van der Waals surface area contributed by atoms with Crippen molar-refractivity contribution >= 4 is 11.6 Å². The van der Waals surface area contributed by atoms with Crippen LogP contribution in [0.4, 0.5) is 13.2 Å². The van der Waals surface area contributed by atoms with E-state index in [1.54, 1.807) is 25.3 Å². The van der Waals surface area contributed by atoms with E-state index in [1.165, 1.54) is 57.6 Å². The zero-order valence-electron chi connectivity index (χ0n) is 51.7. The molecule has 0 aromatic heterocycles. The molecule has 77 heavy (non-hydrogen) atoms. The van der Waals surface area contributed by atoms with E-state index in [1.807, 2.05) is 81.4 Å². The summed E-state index contributed by atoms with van der Waals surface area (Å²) in [5.41, 5.74) is 10.8. The van der Waals surface area contributed by atoms with E-state index in [2.05, 4.69) is 204 Å². The topological polar surface area (TPSA) is 9.23 Å². The number of hydrogen-bond acceptors (Lipinski definition) is 1. The minimum absolute atomic E-state index is 0.0437. The van der Waals surface area contributed by atoms with Crippen LogP contribution in [-0.4, -0.2) is 7.11 Å². The summed E-state index contributed by atoms with van der Waals surface area (Å²) in [6.45, 7) is 47.2. The molecule has 7 aromatic carbocycles. The fourth-order valence-electron chi connectivity index (χ4n) is 7.07. The first-order chi connectivity index (χ1) is 35.2. The third kappa shape index (κ3) is 28.6. The Morgan fingerprint density at radius 1 is 0.312 bits per heavy atom. The van der Waals surface area contributed by atoms with Crippen molar-refractivity contribution in [1.29, 1.82) is 0 Å². The van der Waals surface area contributed by atoms with E-state index in [9.17, 15) is 13.2 Å². The lowest BCUT2D eigenvalue weighted by molar-refractivity contribution is 0.412. The van der Waals surface area contributed by atoms with Gasteiger partial charge in [0.1, 0.15) is 23.2 Å². The van der Waals surface area contributed by atoms with E-state index >= 15 is 0 Å². The summed E-state index contributed by atoms with van der Waals surface area (Å²) in [5.74, 6) is 0.498. The van der Waals surface area contributed by atoms with Crippen LogP contribution in [0.25, 0.3) is 0 Å². The van der Waals surface area contributed by atoms with Gasteiger partial charge in [0.25, 0.3) is 0 Å². The molecule has 0 fully saturated rings.